The zero-order valence-corrected chi connectivity index (χ0v) is 24.3. The molecule has 1 spiro atoms. The number of nitrogens with zero attached hydrogens (tertiary/aromatic N) is 1. The molecule has 2 unspecified atom stereocenters. The van der Waals surface area contributed by atoms with Crippen molar-refractivity contribution < 1.29 is 19.5 Å². The van der Waals surface area contributed by atoms with Crippen LogP contribution in [0.1, 0.15) is 42.5 Å². The van der Waals surface area contributed by atoms with E-state index in [4.69, 9.17) is 0 Å². The van der Waals surface area contributed by atoms with E-state index in [9.17, 15) is 19.5 Å². The maximum atomic E-state index is 14.6. The van der Waals surface area contributed by atoms with Gasteiger partial charge in [-0.05, 0) is 68.5 Å². The summed E-state index contributed by atoms with van der Waals surface area (Å²) in [5.41, 5.74) is 4.06. The van der Waals surface area contributed by atoms with Crippen LogP contribution in [0.5, 0.6) is 0 Å². The van der Waals surface area contributed by atoms with Crippen LogP contribution in [0.3, 0.4) is 0 Å². The first kappa shape index (κ1) is 27.5. The van der Waals surface area contributed by atoms with Gasteiger partial charge in [0.2, 0.25) is 17.7 Å². The molecule has 3 saturated heterocycles. The van der Waals surface area contributed by atoms with Gasteiger partial charge in [-0.1, -0.05) is 60.7 Å². The van der Waals surface area contributed by atoms with Gasteiger partial charge in [0.25, 0.3) is 0 Å². The van der Waals surface area contributed by atoms with Crippen molar-refractivity contribution in [3.63, 3.8) is 0 Å². The summed E-state index contributed by atoms with van der Waals surface area (Å²) in [5, 5.41) is 16.8. The summed E-state index contributed by atoms with van der Waals surface area (Å²) in [6.07, 6.45) is 1.35. The number of para-hydroxylation sites is 1. The lowest BCUT2D eigenvalue weighted by Crippen LogP contribution is -2.52. The molecule has 212 valence electrons. The molecular formula is C33H35N3O4S. The predicted molar refractivity (Wildman–Crippen MR) is 161 cm³/mol. The number of aliphatic hydroxyl groups excluding tert-OH is 1. The summed E-state index contributed by atoms with van der Waals surface area (Å²) in [6.45, 7) is 5.62. The van der Waals surface area contributed by atoms with E-state index in [1.54, 1.807) is 16.7 Å². The number of rotatable bonds is 7. The number of benzene rings is 3. The molecule has 3 amide bonds. The number of aliphatic hydroxyl groups is 1. The van der Waals surface area contributed by atoms with Crippen LogP contribution in [0.15, 0.2) is 78.9 Å². The van der Waals surface area contributed by atoms with Crippen molar-refractivity contribution in [1.82, 2.24) is 4.90 Å². The fourth-order valence-electron chi connectivity index (χ4n) is 7.24. The van der Waals surface area contributed by atoms with Crippen molar-refractivity contribution >= 4 is 40.9 Å². The Morgan fingerprint density at radius 1 is 0.976 bits per heavy atom. The average Bonchev–Trinajstić information content (AvgIpc) is 3.53. The molecule has 8 heteroatoms. The Hall–Kier alpha value is -3.62. The molecule has 0 saturated carbocycles. The molecular weight excluding hydrogens is 534 g/mol. The van der Waals surface area contributed by atoms with Gasteiger partial charge in [-0.25, -0.2) is 0 Å². The zero-order valence-electron chi connectivity index (χ0n) is 23.5. The average molecular weight is 570 g/mol. The van der Waals surface area contributed by atoms with E-state index in [2.05, 4.69) is 17.6 Å². The Morgan fingerprint density at radius 2 is 1.66 bits per heavy atom. The minimum Gasteiger partial charge on any atom is -0.394 e. The minimum absolute atomic E-state index is 0.207. The van der Waals surface area contributed by atoms with E-state index in [-0.39, 0.29) is 24.3 Å². The van der Waals surface area contributed by atoms with Crippen molar-refractivity contribution in [3.05, 3.63) is 95.6 Å². The third-order valence-electron chi connectivity index (χ3n) is 9.13. The van der Waals surface area contributed by atoms with Gasteiger partial charge in [0, 0.05) is 16.1 Å². The second-order valence-electron chi connectivity index (χ2n) is 11.7. The number of aryl methyl sites for hydroxylation is 2. The van der Waals surface area contributed by atoms with Crippen LogP contribution >= 0.6 is 11.8 Å². The first-order valence-electron chi connectivity index (χ1n) is 14.1. The molecule has 3 aromatic carbocycles. The highest BCUT2D eigenvalue weighted by Crippen LogP contribution is 2.72. The smallest absolute Gasteiger partial charge is 0.248 e. The van der Waals surface area contributed by atoms with Crippen LogP contribution in [0, 0.1) is 25.7 Å². The summed E-state index contributed by atoms with van der Waals surface area (Å²) < 4.78 is -1.29. The summed E-state index contributed by atoms with van der Waals surface area (Å²) >= 11 is 1.62. The van der Waals surface area contributed by atoms with Gasteiger partial charge in [0.1, 0.15) is 6.04 Å². The number of hydrogen-bond acceptors (Lipinski definition) is 5. The maximum Gasteiger partial charge on any atom is 0.248 e. The van der Waals surface area contributed by atoms with Crippen LogP contribution in [-0.4, -0.2) is 49.9 Å². The third kappa shape index (κ3) is 4.44. The Morgan fingerprint density at radius 3 is 2.34 bits per heavy atom. The maximum absolute atomic E-state index is 14.6. The number of nitrogens with one attached hydrogen (secondary N) is 2. The van der Waals surface area contributed by atoms with Gasteiger partial charge in [0.15, 0.2) is 0 Å². The van der Waals surface area contributed by atoms with E-state index >= 15 is 0 Å². The number of likely N-dealkylation sites (tertiary alicyclic amines) is 1. The van der Waals surface area contributed by atoms with Crippen LogP contribution in [0.4, 0.5) is 11.4 Å². The SMILES string of the molecule is Cc1ccc(C)c(NC(=O)C2N([C@H](CO)c3ccccc3)C(=O)[C@@H]3[C@H](C(=O)Nc4ccccc4)[C@]4(C)CCC23S4)c1. The minimum atomic E-state index is -0.862. The number of fused-ring (bicyclic) bond motifs is 1. The van der Waals surface area contributed by atoms with Crippen LogP contribution in [0.25, 0.3) is 0 Å². The monoisotopic (exact) mass is 569 g/mol. The molecule has 41 heavy (non-hydrogen) atoms. The highest BCUT2D eigenvalue weighted by atomic mass is 32.2. The van der Waals surface area contributed by atoms with Gasteiger partial charge in [0.05, 0.1) is 29.2 Å². The molecule has 6 rings (SSSR count). The standard InChI is InChI=1S/C33H35N3O4S/c1-20-14-15-21(2)24(18-20)35-30(39)28-33-17-16-32(3,41-33)26(29(38)34-23-12-8-5-9-13-23)27(33)31(40)36(28)25(19-37)22-10-6-4-7-11-22/h4-15,18,25-28,37H,16-17,19H2,1-3H3,(H,34,38)(H,35,39)/t25-,26-,27+,28?,32+,33?/m1/s1. The number of hydrogen-bond donors (Lipinski definition) is 3. The molecule has 7 nitrogen and oxygen atoms in total. The van der Waals surface area contributed by atoms with E-state index in [0.29, 0.717) is 24.2 Å². The van der Waals surface area contributed by atoms with Crippen LogP contribution in [0.2, 0.25) is 0 Å². The van der Waals surface area contributed by atoms with Crippen LogP contribution in [-0.2, 0) is 14.4 Å². The van der Waals surface area contributed by atoms with E-state index < -0.39 is 33.4 Å². The Labute approximate surface area is 244 Å². The van der Waals surface area contributed by atoms with Crippen molar-refractivity contribution in [2.45, 2.75) is 55.2 Å². The molecule has 3 fully saturated rings. The summed E-state index contributed by atoms with van der Waals surface area (Å²) in [5.74, 6) is -2.06. The molecule has 3 aliphatic rings. The summed E-state index contributed by atoms with van der Waals surface area (Å²) in [6, 6.07) is 22.9. The predicted octanol–water partition coefficient (Wildman–Crippen LogP) is 5.10. The second kappa shape index (κ2) is 10.3. The highest BCUT2D eigenvalue weighted by Gasteiger charge is 2.77. The molecule has 3 N–H and O–H groups in total. The summed E-state index contributed by atoms with van der Waals surface area (Å²) in [7, 11) is 0. The topological polar surface area (TPSA) is 98.7 Å². The Bertz CT molecular complexity index is 1500. The lowest BCUT2D eigenvalue weighted by atomic mass is 9.66. The normalized spacial score (nSPS) is 28.8. The first-order valence-corrected chi connectivity index (χ1v) is 14.9. The van der Waals surface area contributed by atoms with Gasteiger partial charge in [-0.3, -0.25) is 14.4 Å². The first-order chi connectivity index (χ1) is 19.7. The molecule has 3 aliphatic heterocycles. The zero-order chi connectivity index (χ0) is 28.9. The highest BCUT2D eigenvalue weighted by molar-refractivity contribution is 8.02. The van der Waals surface area contributed by atoms with Crippen molar-refractivity contribution in [2.75, 3.05) is 17.2 Å². The van der Waals surface area contributed by atoms with Gasteiger partial charge >= 0.3 is 0 Å². The number of anilines is 2. The third-order valence-corrected chi connectivity index (χ3v) is 11.1. The molecule has 0 aliphatic carbocycles. The van der Waals surface area contributed by atoms with Gasteiger partial charge < -0.3 is 20.6 Å². The number of thioether (sulfide) groups is 1. The Balaban J connectivity index is 1.44. The lowest BCUT2D eigenvalue weighted by molar-refractivity contribution is -0.141. The molecule has 3 heterocycles. The van der Waals surface area contributed by atoms with E-state index in [1.165, 1.54) is 0 Å². The number of amides is 3. The number of carbonyl (C=O) groups excluding carboxylic acids is 3. The van der Waals surface area contributed by atoms with E-state index in [1.807, 2.05) is 92.7 Å². The molecule has 3 aromatic rings. The quantitative estimate of drug-likeness (QED) is 0.368. The fraction of sp³-hybridized carbons (Fsp3) is 0.364. The fourth-order valence-corrected chi connectivity index (χ4v) is 9.59. The molecule has 0 aromatic heterocycles. The molecule has 0 radical (unpaired) electrons. The molecule has 6 atom stereocenters. The molecule has 2 bridgehead atoms. The number of carbonyl (C=O) groups is 3. The van der Waals surface area contributed by atoms with Crippen molar-refractivity contribution in [2.24, 2.45) is 11.8 Å². The van der Waals surface area contributed by atoms with Gasteiger partial charge in [-0.2, -0.15) is 0 Å². The largest absolute Gasteiger partial charge is 0.394 e. The van der Waals surface area contributed by atoms with Crippen LogP contribution < -0.4 is 10.6 Å². The summed E-state index contributed by atoms with van der Waals surface area (Å²) in [4.78, 5) is 44.5. The van der Waals surface area contributed by atoms with Crippen molar-refractivity contribution in [1.29, 1.82) is 0 Å². The van der Waals surface area contributed by atoms with Crippen molar-refractivity contribution in [3.8, 4) is 0 Å². The second-order valence-corrected chi connectivity index (χ2v) is 13.6. The van der Waals surface area contributed by atoms with Gasteiger partial charge in [-0.15, -0.1) is 11.8 Å². The Kier molecular flexibility index (Phi) is 6.94. The van der Waals surface area contributed by atoms with E-state index in [0.717, 1.165) is 16.7 Å². The lowest BCUT2D eigenvalue weighted by Gasteiger charge is -2.37.